The van der Waals surface area contributed by atoms with Crippen molar-refractivity contribution >= 4 is 11.8 Å². The minimum absolute atomic E-state index is 0.0251. The number of carbonyl (C=O) groups is 1. The number of rotatable bonds is 3. The fraction of sp³-hybridized carbons (Fsp3) is 0.647. The summed E-state index contributed by atoms with van der Waals surface area (Å²) < 4.78 is 5.31. The SMILES string of the molecule is C[C@H]1C[C@H](NC(=O)OC(C)(C)C)C[C@@H](c2ccncc2[N+](=O)[O-])C1. The topological polar surface area (TPSA) is 94.4 Å². The van der Waals surface area contributed by atoms with E-state index < -0.39 is 16.6 Å². The maximum atomic E-state index is 12.0. The summed E-state index contributed by atoms with van der Waals surface area (Å²) in [7, 11) is 0. The van der Waals surface area contributed by atoms with Crippen molar-refractivity contribution in [2.75, 3.05) is 0 Å². The summed E-state index contributed by atoms with van der Waals surface area (Å²) in [4.78, 5) is 26.7. The van der Waals surface area contributed by atoms with Gasteiger partial charge in [0.25, 0.3) is 5.69 Å². The van der Waals surface area contributed by atoms with Gasteiger partial charge in [-0.1, -0.05) is 6.92 Å². The number of nitrogens with one attached hydrogen (secondary N) is 1. The summed E-state index contributed by atoms with van der Waals surface area (Å²) in [5, 5.41) is 14.1. The van der Waals surface area contributed by atoms with Crippen molar-refractivity contribution in [3.05, 3.63) is 34.1 Å². The van der Waals surface area contributed by atoms with Crippen LogP contribution in [0.1, 0.15) is 58.4 Å². The minimum Gasteiger partial charge on any atom is -0.444 e. The summed E-state index contributed by atoms with van der Waals surface area (Å²) in [5.74, 6) is 0.383. The van der Waals surface area contributed by atoms with E-state index in [9.17, 15) is 14.9 Å². The second kappa shape index (κ2) is 7.15. The Morgan fingerprint density at radius 1 is 1.38 bits per heavy atom. The van der Waals surface area contributed by atoms with Gasteiger partial charge in [-0.2, -0.15) is 0 Å². The number of hydrogen-bond acceptors (Lipinski definition) is 5. The predicted octanol–water partition coefficient (Wildman–Crippen LogP) is 3.79. The molecule has 3 atom stereocenters. The molecular formula is C17H25N3O4. The maximum absolute atomic E-state index is 12.0. The van der Waals surface area contributed by atoms with E-state index in [-0.39, 0.29) is 17.6 Å². The van der Waals surface area contributed by atoms with Gasteiger partial charge in [0.05, 0.1) is 4.92 Å². The van der Waals surface area contributed by atoms with Crippen LogP contribution in [0, 0.1) is 16.0 Å². The summed E-state index contributed by atoms with van der Waals surface area (Å²) >= 11 is 0. The summed E-state index contributed by atoms with van der Waals surface area (Å²) in [6.45, 7) is 7.56. The molecule has 0 spiro atoms. The van der Waals surface area contributed by atoms with Gasteiger partial charge in [-0.25, -0.2) is 4.79 Å². The maximum Gasteiger partial charge on any atom is 0.407 e. The molecule has 1 N–H and O–H groups in total. The second-order valence-electron chi connectivity index (χ2n) is 7.54. The van der Waals surface area contributed by atoms with Gasteiger partial charge in [-0.3, -0.25) is 15.1 Å². The highest BCUT2D eigenvalue weighted by atomic mass is 16.6. The van der Waals surface area contributed by atoms with E-state index in [1.165, 1.54) is 6.20 Å². The molecule has 132 valence electrons. The first-order valence-corrected chi connectivity index (χ1v) is 8.23. The van der Waals surface area contributed by atoms with Crippen molar-refractivity contribution in [3.8, 4) is 0 Å². The molecule has 7 nitrogen and oxygen atoms in total. The number of ether oxygens (including phenoxy) is 1. The standard InChI is InChI=1S/C17H25N3O4/c1-11-7-12(14-5-6-18-10-15(14)20(22)23)9-13(8-11)19-16(21)24-17(2,3)4/h5-6,10-13H,7-9H2,1-4H3,(H,19,21)/t11-,12+,13+/m1/s1. The molecule has 0 aliphatic heterocycles. The lowest BCUT2D eigenvalue weighted by Crippen LogP contribution is -2.42. The van der Waals surface area contributed by atoms with E-state index in [0.717, 1.165) is 12.8 Å². The zero-order chi connectivity index (χ0) is 17.9. The van der Waals surface area contributed by atoms with Crippen molar-refractivity contribution in [3.63, 3.8) is 0 Å². The van der Waals surface area contributed by atoms with Crippen LogP contribution in [-0.2, 0) is 4.74 Å². The molecule has 7 heteroatoms. The third-order valence-corrected chi connectivity index (χ3v) is 4.13. The van der Waals surface area contributed by atoms with Crippen LogP contribution in [-0.4, -0.2) is 27.6 Å². The summed E-state index contributed by atoms with van der Waals surface area (Å²) in [6.07, 6.45) is 4.80. The second-order valence-corrected chi connectivity index (χ2v) is 7.54. The van der Waals surface area contributed by atoms with Crippen LogP contribution in [0.25, 0.3) is 0 Å². The van der Waals surface area contributed by atoms with Crippen LogP contribution < -0.4 is 5.32 Å². The Labute approximate surface area is 142 Å². The van der Waals surface area contributed by atoms with Crippen LogP contribution in [0.3, 0.4) is 0 Å². The van der Waals surface area contributed by atoms with E-state index in [1.54, 1.807) is 12.3 Å². The van der Waals surface area contributed by atoms with E-state index in [0.29, 0.717) is 17.9 Å². The van der Waals surface area contributed by atoms with Gasteiger partial charge in [0, 0.05) is 17.8 Å². The van der Waals surface area contributed by atoms with Crippen molar-refractivity contribution in [2.24, 2.45) is 5.92 Å². The van der Waals surface area contributed by atoms with Gasteiger partial charge in [0.2, 0.25) is 0 Å². The van der Waals surface area contributed by atoms with E-state index >= 15 is 0 Å². The average Bonchev–Trinajstić information content (AvgIpc) is 2.44. The number of pyridine rings is 1. The monoisotopic (exact) mass is 335 g/mol. The molecule has 0 radical (unpaired) electrons. The summed E-state index contributed by atoms with van der Waals surface area (Å²) in [5.41, 5.74) is 0.193. The fourth-order valence-electron chi connectivity index (χ4n) is 3.34. The normalized spacial score (nSPS) is 24.2. The van der Waals surface area contributed by atoms with Gasteiger partial charge >= 0.3 is 6.09 Å². The molecule has 0 aromatic carbocycles. The molecule has 1 aliphatic rings. The first-order valence-electron chi connectivity index (χ1n) is 8.23. The molecule has 1 aliphatic carbocycles. The quantitative estimate of drug-likeness (QED) is 0.670. The number of amides is 1. The molecule has 1 aromatic heterocycles. The Morgan fingerprint density at radius 3 is 2.71 bits per heavy atom. The van der Waals surface area contributed by atoms with E-state index in [2.05, 4.69) is 17.2 Å². The highest BCUT2D eigenvalue weighted by Crippen LogP contribution is 2.39. The zero-order valence-corrected chi connectivity index (χ0v) is 14.6. The average molecular weight is 335 g/mol. The number of alkyl carbamates (subject to hydrolysis) is 1. The van der Waals surface area contributed by atoms with Gasteiger partial charge < -0.3 is 10.1 Å². The van der Waals surface area contributed by atoms with Crippen LogP contribution in [0.5, 0.6) is 0 Å². The van der Waals surface area contributed by atoms with Crippen LogP contribution in [0.2, 0.25) is 0 Å². The van der Waals surface area contributed by atoms with Gasteiger partial charge in [-0.05, 0) is 57.9 Å². The van der Waals surface area contributed by atoms with Crippen LogP contribution in [0.4, 0.5) is 10.5 Å². The smallest absolute Gasteiger partial charge is 0.407 e. The van der Waals surface area contributed by atoms with E-state index in [4.69, 9.17) is 4.74 Å². The molecule has 1 heterocycles. The van der Waals surface area contributed by atoms with Gasteiger partial charge in [0.15, 0.2) is 0 Å². The number of aromatic nitrogens is 1. The molecule has 0 bridgehead atoms. The van der Waals surface area contributed by atoms with Crippen LogP contribution >= 0.6 is 0 Å². The molecule has 1 amide bonds. The van der Waals surface area contributed by atoms with E-state index in [1.807, 2.05) is 20.8 Å². The van der Waals surface area contributed by atoms with Crippen molar-refractivity contribution < 1.29 is 14.5 Å². The summed E-state index contributed by atoms with van der Waals surface area (Å²) in [6, 6.07) is 1.66. The molecular weight excluding hydrogens is 310 g/mol. The molecule has 0 saturated heterocycles. The Bertz CT molecular complexity index is 612. The molecule has 24 heavy (non-hydrogen) atoms. The highest BCUT2D eigenvalue weighted by molar-refractivity contribution is 5.68. The molecule has 0 unspecified atom stereocenters. The Kier molecular flexibility index (Phi) is 5.41. The zero-order valence-electron chi connectivity index (χ0n) is 14.6. The third kappa shape index (κ3) is 4.91. The predicted molar refractivity (Wildman–Crippen MR) is 89.8 cm³/mol. The number of nitro groups is 1. The molecule has 1 fully saturated rings. The lowest BCUT2D eigenvalue weighted by atomic mass is 9.76. The van der Waals surface area contributed by atoms with Crippen molar-refractivity contribution in [1.82, 2.24) is 10.3 Å². The molecule has 1 aromatic rings. The lowest BCUT2D eigenvalue weighted by molar-refractivity contribution is -0.386. The first kappa shape index (κ1) is 18.2. The molecule has 1 saturated carbocycles. The molecule has 2 rings (SSSR count). The largest absolute Gasteiger partial charge is 0.444 e. The number of nitrogens with zero attached hydrogens (tertiary/aromatic N) is 2. The Balaban J connectivity index is 2.11. The fourth-order valence-corrected chi connectivity index (χ4v) is 3.34. The van der Waals surface area contributed by atoms with Crippen molar-refractivity contribution in [2.45, 2.75) is 64.5 Å². The van der Waals surface area contributed by atoms with Crippen LogP contribution in [0.15, 0.2) is 18.5 Å². The first-order chi connectivity index (χ1) is 11.2. The van der Waals surface area contributed by atoms with Crippen molar-refractivity contribution in [1.29, 1.82) is 0 Å². The Morgan fingerprint density at radius 2 is 2.08 bits per heavy atom. The third-order valence-electron chi connectivity index (χ3n) is 4.13. The van der Waals surface area contributed by atoms with Gasteiger partial charge in [0.1, 0.15) is 11.8 Å². The number of carbonyl (C=O) groups excluding carboxylic acids is 1. The van der Waals surface area contributed by atoms with Gasteiger partial charge in [-0.15, -0.1) is 0 Å². The number of hydrogen-bond donors (Lipinski definition) is 1. The Hall–Kier alpha value is -2.18. The lowest BCUT2D eigenvalue weighted by Gasteiger charge is -2.34. The minimum atomic E-state index is -0.548. The highest BCUT2D eigenvalue weighted by Gasteiger charge is 2.32.